The predicted octanol–water partition coefficient (Wildman–Crippen LogP) is 3.57. The number of benzene rings is 1. The van der Waals surface area contributed by atoms with Crippen LogP contribution in [0.2, 0.25) is 0 Å². The van der Waals surface area contributed by atoms with E-state index in [4.69, 9.17) is 32.7 Å². The van der Waals surface area contributed by atoms with Gasteiger partial charge in [0.05, 0.1) is 13.7 Å². The third-order valence-corrected chi connectivity index (χ3v) is 3.29. The number of esters is 1. The highest BCUT2D eigenvalue weighted by molar-refractivity contribution is 6.18. The molecule has 0 aliphatic carbocycles. The Labute approximate surface area is 148 Å². The predicted molar refractivity (Wildman–Crippen MR) is 92.9 cm³/mol. The van der Waals surface area contributed by atoms with Crippen molar-refractivity contribution >= 4 is 41.6 Å². The number of alkyl halides is 2. The Morgan fingerprint density at radius 3 is 2.36 bits per heavy atom. The maximum atomic E-state index is 11.8. The lowest BCUT2D eigenvalue weighted by atomic mass is 10.1. The fourth-order valence-electron chi connectivity index (χ4n) is 1.99. The number of ether oxygens (including phenoxy) is 2. The molecule has 0 spiro atoms. The van der Waals surface area contributed by atoms with Crippen molar-refractivity contribution in [3.8, 4) is 5.75 Å². The monoisotopic (exact) mass is 369 g/mol. The summed E-state index contributed by atoms with van der Waals surface area (Å²) in [6.07, 6.45) is 0. The van der Waals surface area contributed by atoms with Gasteiger partial charge >= 0.3 is 5.97 Å². The topological polar surface area (TPSA) is 38.8 Å². The van der Waals surface area contributed by atoms with E-state index in [1.807, 2.05) is 13.0 Å². The van der Waals surface area contributed by atoms with Gasteiger partial charge < -0.3 is 9.47 Å². The highest BCUT2D eigenvalue weighted by Gasteiger charge is 2.15. The minimum absolute atomic E-state index is 0. The van der Waals surface area contributed by atoms with E-state index < -0.39 is 5.97 Å². The molecule has 0 atom stereocenters. The number of rotatable bonds is 9. The molecule has 22 heavy (non-hydrogen) atoms. The molecule has 1 aromatic rings. The number of halogens is 3. The summed E-state index contributed by atoms with van der Waals surface area (Å²) in [5, 5.41) is 0. The molecular formula is C15H22Cl3NO3. The van der Waals surface area contributed by atoms with E-state index in [2.05, 4.69) is 4.90 Å². The van der Waals surface area contributed by atoms with E-state index >= 15 is 0 Å². The third-order valence-electron chi connectivity index (χ3n) is 2.96. The zero-order valence-electron chi connectivity index (χ0n) is 12.8. The van der Waals surface area contributed by atoms with Gasteiger partial charge in [0.15, 0.2) is 0 Å². The van der Waals surface area contributed by atoms with Crippen molar-refractivity contribution in [2.75, 3.05) is 38.6 Å². The molecular weight excluding hydrogens is 349 g/mol. The molecule has 0 bridgehead atoms. The van der Waals surface area contributed by atoms with Crippen LogP contribution in [-0.4, -0.2) is 49.4 Å². The molecule has 0 aromatic heterocycles. The Bertz CT molecular complexity index is 452. The van der Waals surface area contributed by atoms with Gasteiger partial charge in [-0.3, -0.25) is 4.90 Å². The first-order chi connectivity index (χ1) is 10.2. The van der Waals surface area contributed by atoms with Gasteiger partial charge in [-0.15, -0.1) is 35.6 Å². The molecule has 4 nitrogen and oxygen atoms in total. The zero-order valence-corrected chi connectivity index (χ0v) is 15.1. The quantitative estimate of drug-likeness (QED) is 0.492. The van der Waals surface area contributed by atoms with Crippen LogP contribution in [0.25, 0.3) is 0 Å². The molecule has 0 aliphatic heterocycles. The van der Waals surface area contributed by atoms with E-state index in [0.29, 0.717) is 36.2 Å². The minimum atomic E-state index is -0.401. The van der Waals surface area contributed by atoms with Crippen LogP contribution in [0.3, 0.4) is 0 Å². The number of carbonyl (C=O) groups is 1. The molecule has 0 heterocycles. The van der Waals surface area contributed by atoms with Gasteiger partial charge in [-0.25, -0.2) is 4.79 Å². The third kappa shape index (κ3) is 6.61. The fraction of sp³-hybridized carbons (Fsp3) is 0.533. The molecule has 0 aliphatic rings. The van der Waals surface area contributed by atoms with Crippen molar-refractivity contribution < 1.29 is 14.3 Å². The van der Waals surface area contributed by atoms with Gasteiger partial charge in [-0.1, -0.05) is 6.07 Å². The average Bonchev–Trinajstić information content (AvgIpc) is 2.48. The van der Waals surface area contributed by atoms with Gasteiger partial charge in [0.1, 0.15) is 11.3 Å². The van der Waals surface area contributed by atoms with Gasteiger partial charge in [0.25, 0.3) is 0 Å². The first kappa shape index (κ1) is 21.3. The first-order valence-electron chi connectivity index (χ1n) is 6.84. The van der Waals surface area contributed by atoms with Crippen LogP contribution in [0, 0.1) is 0 Å². The minimum Gasteiger partial charge on any atom is -0.493 e. The molecule has 1 aromatic carbocycles. The van der Waals surface area contributed by atoms with Crippen molar-refractivity contribution in [3.63, 3.8) is 0 Å². The van der Waals surface area contributed by atoms with E-state index in [9.17, 15) is 4.79 Å². The second kappa shape index (κ2) is 11.8. The Hall–Kier alpha value is -0.680. The maximum Gasteiger partial charge on any atom is 0.341 e. The van der Waals surface area contributed by atoms with Crippen molar-refractivity contribution in [2.45, 2.75) is 13.5 Å². The van der Waals surface area contributed by atoms with Crippen molar-refractivity contribution in [1.82, 2.24) is 4.90 Å². The zero-order chi connectivity index (χ0) is 15.7. The van der Waals surface area contributed by atoms with Crippen LogP contribution in [0.4, 0.5) is 0 Å². The molecule has 0 amide bonds. The van der Waals surface area contributed by atoms with Crippen molar-refractivity contribution in [1.29, 1.82) is 0 Å². The highest BCUT2D eigenvalue weighted by Crippen LogP contribution is 2.22. The average molecular weight is 371 g/mol. The van der Waals surface area contributed by atoms with Gasteiger partial charge in [0.2, 0.25) is 0 Å². The standard InChI is InChI=1S/C15H21Cl2NO3.ClH/c1-3-21-14-5-4-12(10-13(14)15(19)20-2)11-18(8-6-16)9-7-17;/h4-5,10H,3,6-9,11H2,1-2H3;1H. The second-order valence-electron chi connectivity index (χ2n) is 4.41. The number of methoxy groups -OCH3 is 1. The SMILES string of the molecule is CCOc1ccc(CN(CCCl)CCCl)cc1C(=O)OC.Cl. The maximum absolute atomic E-state index is 11.8. The van der Waals surface area contributed by atoms with Crippen molar-refractivity contribution in [3.05, 3.63) is 29.3 Å². The van der Waals surface area contributed by atoms with E-state index in [1.165, 1.54) is 7.11 Å². The summed E-state index contributed by atoms with van der Waals surface area (Å²) in [7, 11) is 1.36. The lowest BCUT2D eigenvalue weighted by Crippen LogP contribution is -2.27. The van der Waals surface area contributed by atoms with Gasteiger partial charge in [0, 0.05) is 31.4 Å². The van der Waals surface area contributed by atoms with Crippen LogP contribution in [-0.2, 0) is 11.3 Å². The molecule has 1 rings (SSSR count). The van der Waals surface area contributed by atoms with E-state index in [-0.39, 0.29) is 12.4 Å². The normalized spacial score (nSPS) is 10.2. The second-order valence-corrected chi connectivity index (χ2v) is 5.17. The molecule has 0 N–H and O–H groups in total. The lowest BCUT2D eigenvalue weighted by molar-refractivity contribution is 0.0596. The number of hydrogen-bond acceptors (Lipinski definition) is 4. The first-order valence-corrected chi connectivity index (χ1v) is 7.91. The molecule has 0 radical (unpaired) electrons. The van der Waals surface area contributed by atoms with Gasteiger partial charge in [-0.05, 0) is 24.6 Å². The lowest BCUT2D eigenvalue weighted by Gasteiger charge is -2.20. The summed E-state index contributed by atoms with van der Waals surface area (Å²) in [6, 6.07) is 5.53. The summed E-state index contributed by atoms with van der Waals surface area (Å²) in [5.41, 5.74) is 1.43. The van der Waals surface area contributed by atoms with Crippen LogP contribution in [0.5, 0.6) is 5.75 Å². The van der Waals surface area contributed by atoms with Crippen LogP contribution in [0.15, 0.2) is 18.2 Å². The Morgan fingerprint density at radius 2 is 1.86 bits per heavy atom. The number of nitrogens with zero attached hydrogens (tertiary/aromatic N) is 1. The summed E-state index contributed by atoms with van der Waals surface area (Å²) < 4.78 is 10.3. The molecule has 7 heteroatoms. The van der Waals surface area contributed by atoms with Gasteiger partial charge in [-0.2, -0.15) is 0 Å². The molecule has 0 unspecified atom stereocenters. The Morgan fingerprint density at radius 1 is 1.23 bits per heavy atom. The smallest absolute Gasteiger partial charge is 0.341 e. The van der Waals surface area contributed by atoms with E-state index in [1.54, 1.807) is 12.1 Å². The Kier molecular flexibility index (Phi) is 11.5. The largest absolute Gasteiger partial charge is 0.493 e. The van der Waals surface area contributed by atoms with Crippen molar-refractivity contribution in [2.24, 2.45) is 0 Å². The Balaban J connectivity index is 0.00000441. The molecule has 0 saturated carbocycles. The highest BCUT2D eigenvalue weighted by atomic mass is 35.5. The molecule has 126 valence electrons. The van der Waals surface area contributed by atoms with Crippen LogP contribution in [0.1, 0.15) is 22.8 Å². The fourth-order valence-corrected chi connectivity index (χ4v) is 2.47. The molecule has 0 fully saturated rings. The van der Waals surface area contributed by atoms with Crippen LogP contribution >= 0.6 is 35.6 Å². The number of hydrogen-bond donors (Lipinski definition) is 0. The summed E-state index contributed by atoms with van der Waals surface area (Å²) >= 11 is 11.6. The summed E-state index contributed by atoms with van der Waals surface area (Å²) in [5.74, 6) is 1.21. The molecule has 0 saturated heterocycles. The summed E-state index contributed by atoms with van der Waals surface area (Å²) in [6.45, 7) is 4.53. The van der Waals surface area contributed by atoms with Crippen LogP contribution < -0.4 is 4.74 Å². The van der Waals surface area contributed by atoms with E-state index in [0.717, 1.165) is 18.7 Å². The number of carbonyl (C=O) groups excluding carboxylic acids is 1. The summed E-state index contributed by atoms with van der Waals surface area (Å²) in [4.78, 5) is 14.0.